The van der Waals surface area contributed by atoms with E-state index in [1.165, 1.54) is 23.1 Å². The second-order valence-corrected chi connectivity index (χ2v) is 7.95. The van der Waals surface area contributed by atoms with E-state index in [0.29, 0.717) is 10.6 Å². The van der Waals surface area contributed by atoms with Gasteiger partial charge >= 0.3 is 0 Å². The molecule has 25 heavy (non-hydrogen) atoms. The highest BCUT2D eigenvalue weighted by Crippen LogP contribution is 2.32. The van der Waals surface area contributed by atoms with Crippen molar-refractivity contribution in [1.29, 1.82) is 5.26 Å². The molecule has 1 amide bonds. The van der Waals surface area contributed by atoms with Crippen LogP contribution in [-0.4, -0.2) is 16.6 Å². The molecule has 126 valence electrons. The van der Waals surface area contributed by atoms with E-state index in [4.69, 9.17) is 0 Å². The molecule has 0 saturated heterocycles. The number of fused-ring (bicyclic) bond motifs is 1. The predicted octanol–water partition coefficient (Wildman–Crippen LogP) is 4.82. The smallest absolute Gasteiger partial charge is 0.235 e. The van der Waals surface area contributed by atoms with Gasteiger partial charge in [-0.3, -0.25) is 4.79 Å². The van der Waals surface area contributed by atoms with E-state index < -0.39 is 0 Å². The quantitative estimate of drug-likeness (QED) is 0.671. The Hall–Kier alpha value is -2.36. The number of nitrogens with one attached hydrogen (secondary N) is 1. The molecule has 3 aromatic rings. The number of aryl methyl sites for hydroxylation is 2. The van der Waals surface area contributed by atoms with Gasteiger partial charge in [-0.15, -0.1) is 11.3 Å². The van der Waals surface area contributed by atoms with Crippen LogP contribution in [-0.2, 0) is 4.79 Å². The van der Waals surface area contributed by atoms with Gasteiger partial charge in [0.25, 0.3) is 0 Å². The second-order valence-electron chi connectivity index (χ2n) is 5.73. The summed E-state index contributed by atoms with van der Waals surface area (Å²) in [7, 11) is 0. The Balaban J connectivity index is 1.71. The number of nitrogens with zero attached hydrogens (tertiary/aromatic N) is 2. The van der Waals surface area contributed by atoms with Crippen LogP contribution in [0, 0.1) is 32.1 Å². The zero-order valence-electron chi connectivity index (χ0n) is 14.2. The third kappa shape index (κ3) is 3.68. The molecule has 0 fully saturated rings. The summed E-state index contributed by atoms with van der Waals surface area (Å²) in [5, 5.41) is 14.7. The first-order valence-electron chi connectivity index (χ1n) is 7.78. The number of benzene rings is 1. The summed E-state index contributed by atoms with van der Waals surface area (Å²) >= 11 is 2.84. The molecule has 3 rings (SSSR count). The van der Waals surface area contributed by atoms with Gasteiger partial charge in [0, 0.05) is 10.3 Å². The third-order valence-electron chi connectivity index (χ3n) is 4.00. The van der Waals surface area contributed by atoms with Crippen LogP contribution in [0.15, 0.2) is 35.4 Å². The highest BCUT2D eigenvalue weighted by molar-refractivity contribution is 7.99. The average molecular weight is 367 g/mol. The van der Waals surface area contributed by atoms with Crippen molar-refractivity contribution < 1.29 is 4.79 Å². The number of para-hydroxylation sites is 1. The molecule has 2 aromatic heterocycles. The largest absolute Gasteiger partial charge is 0.316 e. The number of rotatable bonds is 4. The lowest BCUT2D eigenvalue weighted by Gasteiger charge is -2.06. The van der Waals surface area contributed by atoms with Crippen LogP contribution in [0.5, 0.6) is 0 Å². The topological polar surface area (TPSA) is 65.8 Å². The Labute approximate surface area is 154 Å². The molecule has 0 aliphatic heterocycles. The van der Waals surface area contributed by atoms with Crippen LogP contribution in [0.3, 0.4) is 0 Å². The van der Waals surface area contributed by atoms with Gasteiger partial charge in [0.2, 0.25) is 5.91 Å². The van der Waals surface area contributed by atoms with Crippen LogP contribution in [0.1, 0.15) is 21.6 Å². The van der Waals surface area contributed by atoms with Crippen LogP contribution in [0.4, 0.5) is 5.00 Å². The minimum absolute atomic E-state index is 0.129. The number of carbonyl (C=O) groups is 1. The number of thiophene rings is 1. The molecule has 4 nitrogen and oxygen atoms in total. The number of hydrogen-bond donors (Lipinski definition) is 1. The predicted molar refractivity (Wildman–Crippen MR) is 104 cm³/mol. The molecular weight excluding hydrogens is 350 g/mol. The van der Waals surface area contributed by atoms with Crippen LogP contribution < -0.4 is 5.32 Å². The number of amides is 1. The first kappa shape index (κ1) is 17.5. The molecule has 1 aromatic carbocycles. The lowest BCUT2D eigenvalue weighted by Crippen LogP contribution is -2.14. The molecule has 0 spiro atoms. The van der Waals surface area contributed by atoms with Crippen molar-refractivity contribution in [3.63, 3.8) is 0 Å². The van der Waals surface area contributed by atoms with Crippen molar-refractivity contribution >= 4 is 44.9 Å². The fourth-order valence-electron chi connectivity index (χ4n) is 2.54. The van der Waals surface area contributed by atoms with Gasteiger partial charge < -0.3 is 5.32 Å². The fourth-order valence-corrected chi connectivity index (χ4v) is 4.35. The molecule has 1 N–H and O–H groups in total. The number of hydrogen-bond acceptors (Lipinski definition) is 5. The SMILES string of the molecule is Cc1sc(NC(=O)CSc2cc(C)c3ccccc3n2)c(C#N)c1C. The van der Waals surface area contributed by atoms with E-state index in [2.05, 4.69) is 16.4 Å². The summed E-state index contributed by atoms with van der Waals surface area (Å²) < 4.78 is 0. The Morgan fingerprint density at radius 3 is 2.84 bits per heavy atom. The summed E-state index contributed by atoms with van der Waals surface area (Å²) in [5.74, 6) is 0.126. The molecule has 0 radical (unpaired) electrons. The number of anilines is 1. The normalized spacial score (nSPS) is 10.6. The van der Waals surface area contributed by atoms with Gasteiger partial charge in [0.05, 0.1) is 21.9 Å². The average Bonchev–Trinajstić information content (AvgIpc) is 2.86. The molecule has 2 heterocycles. The maximum absolute atomic E-state index is 12.3. The van der Waals surface area contributed by atoms with Crippen LogP contribution in [0.2, 0.25) is 0 Å². The number of thioether (sulfide) groups is 1. The van der Waals surface area contributed by atoms with Gasteiger partial charge in [-0.2, -0.15) is 5.26 Å². The number of nitriles is 1. The molecule has 0 saturated carbocycles. The summed E-state index contributed by atoms with van der Waals surface area (Å²) in [4.78, 5) is 17.9. The van der Waals surface area contributed by atoms with Gasteiger partial charge in [0.15, 0.2) is 0 Å². The van der Waals surface area contributed by atoms with E-state index in [9.17, 15) is 10.1 Å². The maximum atomic E-state index is 12.3. The zero-order valence-corrected chi connectivity index (χ0v) is 15.8. The van der Waals surface area contributed by atoms with Gasteiger partial charge in [-0.1, -0.05) is 30.0 Å². The van der Waals surface area contributed by atoms with Crippen LogP contribution in [0.25, 0.3) is 10.9 Å². The van der Waals surface area contributed by atoms with E-state index in [0.717, 1.165) is 31.9 Å². The van der Waals surface area contributed by atoms with Gasteiger partial charge in [-0.05, 0) is 44.0 Å². The minimum atomic E-state index is -0.129. The number of pyridine rings is 1. The van der Waals surface area contributed by atoms with Crippen molar-refractivity contribution in [3.8, 4) is 6.07 Å². The third-order valence-corrected chi connectivity index (χ3v) is 6.03. The first-order chi connectivity index (χ1) is 12.0. The van der Waals surface area contributed by atoms with Gasteiger partial charge in [-0.25, -0.2) is 4.98 Å². The van der Waals surface area contributed by atoms with E-state index in [-0.39, 0.29) is 11.7 Å². The Kier molecular flexibility index (Phi) is 5.07. The first-order valence-corrected chi connectivity index (χ1v) is 9.59. The van der Waals surface area contributed by atoms with Crippen molar-refractivity contribution in [1.82, 2.24) is 4.98 Å². The molecule has 0 aliphatic carbocycles. The number of carbonyl (C=O) groups excluding carboxylic acids is 1. The zero-order chi connectivity index (χ0) is 18.0. The lowest BCUT2D eigenvalue weighted by molar-refractivity contribution is -0.113. The Morgan fingerprint density at radius 2 is 2.08 bits per heavy atom. The Morgan fingerprint density at radius 1 is 1.32 bits per heavy atom. The summed E-state index contributed by atoms with van der Waals surface area (Å²) in [6.07, 6.45) is 0. The maximum Gasteiger partial charge on any atom is 0.235 e. The van der Waals surface area contributed by atoms with E-state index in [1.54, 1.807) is 0 Å². The summed E-state index contributed by atoms with van der Waals surface area (Å²) in [6.45, 7) is 5.90. The molecule has 0 bridgehead atoms. The fraction of sp³-hybridized carbons (Fsp3) is 0.211. The minimum Gasteiger partial charge on any atom is -0.316 e. The standard InChI is InChI=1S/C19H17N3OS2/c1-11-8-18(21-16-7-5-4-6-14(11)16)24-10-17(23)22-19-15(9-20)12(2)13(3)25-19/h4-8H,10H2,1-3H3,(H,22,23). The molecular formula is C19H17N3OS2. The molecule has 0 atom stereocenters. The second kappa shape index (κ2) is 7.26. The monoisotopic (exact) mass is 367 g/mol. The van der Waals surface area contributed by atoms with Crippen LogP contribution >= 0.6 is 23.1 Å². The van der Waals surface area contributed by atoms with Crippen molar-refractivity contribution in [2.75, 3.05) is 11.1 Å². The molecule has 0 aliphatic rings. The molecule has 6 heteroatoms. The van der Waals surface area contributed by atoms with E-state index >= 15 is 0 Å². The highest BCUT2D eigenvalue weighted by atomic mass is 32.2. The van der Waals surface area contributed by atoms with Crippen molar-refractivity contribution in [2.45, 2.75) is 25.8 Å². The number of aromatic nitrogens is 1. The Bertz CT molecular complexity index is 1000. The molecule has 0 unspecified atom stereocenters. The van der Waals surface area contributed by atoms with E-state index in [1.807, 2.05) is 51.1 Å². The van der Waals surface area contributed by atoms with Crippen molar-refractivity contribution in [3.05, 3.63) is 51.9 Å². The highest BCUT2D eigenvalue weighted by Gasteiger charge is 2.15. The lowest BCUT2D eigenvalue weighted by atomic mass is 10.1. The van der Waals surface area contributed by atoms with Gasteiger partial charge in [0.1, 0.15) is 11.1 Å². The van der Waals surface area contributed by atoms with Crippen molar-refractivity contribution in [2.24, 2.45) is 0 Å². The summed E-state index contributed by atoms with van der Waals surface area (Å²) in [5.41, 5.74) is 3.56. The summed E-state index contributed by atoms with van der Waals surface area (Å²) in [6, 6.07) is 12.1.